The summed E-state index contributed by atoms with van der Waals surface area (Å²) in [6.45, 7) is 3.96. The Bertz CT molecular complexity index is 368. The van der Waals surface area contributed by atoms with Gasteiger partial charge in [0.25, 0.3) is 5.91 Å². The summed E-state index contributed by atoms with van der Waals surface area (Å²) in [4.78, 5) is 15.3. The van der Waals surface area contributed by atoms with E-state index in [2.05, 4.69) is 32.8 Å². The van der Waals surface area contributed by atoms with E-state index in [1.165, 1.54) is 0 Å². The van der Waals surface area contributed by atoms with Crippen LogP contribution in [0.2, 0.25) is 5.15 Å². The molecule has 0 saturated heterocycles. The van der Waals surface area contributed by atoms with Gasteiger partial charge in [0, 0.05) is 11.0 Å². The van der Waals surface area contributed by atoms with Gasteiger partial charge in [0.15, 0.2) is 0 Å². The first-order valence-electron chi connectivity index (χ1n) is 3.83. The summed E-state index contributed by atoms with van der Waals surface area (Å²) in [5.74, 6) is -0.270. The van der Waals surface area contributed by atoms with Gasteiger partial charge >= 0.3 is 0 Å². The second-order valence-corrected chi connectivity index (χ2v) is 4.05. The molecule has 0 aliphatic carbocycles. The fourth-order valence-corrected chi connectivity index (χ4v) is 1.11. The van der Waals surface area contributed by atoms with Gasteiger partial charge in [-0.15, -0.1) is 0 Å². The van der Waals surface area contributed by atoms with E-state index in [4.69, 9.17) is 11.6 Å². The van der Waals surface area contributed by atoms with Crippen LogP contribution in [0.4, 0.5) is 0 Å². The molecular weight excluding hydrogens is 267 g/mol. The highest BCUT2D eigenvalue weighted by Gasteiger charge is 2.06. The zero-order chi connectivity index (χ0) is 10.6. The van der Waals surface area contributed by atoms with Gasteiger partial charge in [0.1, 0.15) is 10.8 Å². The molecule has 0 aliphatic heterocycles. The SMILES string of the molecule is C=C(Br)CNC(=O)c1cccc(Cl)n1. The quantitative estimate of drug-likeness (QED) is 0.861. The van der Waals surface area contributed by atoms with Crippen LogP contribution in [0.5, 0.6) is 0 Å². The number of nitrogens with zero attached hydrogens (tertiary/aromatic N) is 1. The second-order valence-electron chi connectivity index (χ2n) is 2.55. The Morgan fingerprint density at radius 3 is 2.93 bits per heavy atom. The van der Waals surface area contributed by atoms with Gasteiger partial charge in [0.2, 0.25) is 0 Å². The maximum Gasteiger partial charge on any atom is 0.270 e. The number of aromatic nitrogens is 1. The molecule has 0 fully saturated rings. The van der Waals surface area contributed by atoms with Crippen LogP contribution in [-0.2, 0) is 0 Å². The average Bonchev–Trinajstić information content (AvgIpc) is 2.14. The first-order valence-corrected chi connectivity index (χ1v) is 5.00. The summed E-state index contributed by atoms with van der Waals surface area (Å²) in [7, 11) is 0. The van der Waals surface area contributed by atoms with Crippen LogP contribution in [0, 0.1) is 0 Å². The van der Waals surface area contributed by atoms with Crippen molar-refractivity contribution in [3.63, 3.8) is 0 Å². The molecule has 5 heteroatoms. The summed E-state index contributed by atoms with van der Waals surface area (Å²) < 4.78 is 0.702. The highest BCUT2D eigenvalue weighted by molar-refractivity contribution is 9.11. The minimum absolute atomic E-state index is 0.270. The topological polar surface area (TPSA) is 42.0 Å². The van der Waals surface area contributed by atoms with Crippen LogP contribution in [0.25, 0.3) is 0 Å². The average molecular weight is 276 g/mol. The van der Waals surface area contributed by atoms with Gasteiger partial charge in [-0.2, -0.15) is 0 Å². The van der Waals surface area contributed by atoms with Gasteiger partial charge < -0.3 is 5.32 Å². The predicted molar refractivity (Wildman–Crippen MR) is 59.6 cm³/mol. The molecular formula is C9H8BrClN2O. The van der Waals surface area contributed by atoms with E-state index in [1.54, 1.807) is 18.2 Å². The Morgan fingerprint density at radius 1 is 1.64 bits per heavy atom. The van der Waals surface area contributed by atoms with Crippen molar-refractivity contribution >= 4 is 33.4 Å². The molecule has 0 spiro atoms. The van der Waals surface area contributed by atoms with Crippen LogP contribution in [-0.4, -0.2) is 17.4 Å². The molecule has 1 aromatic heterocycles. The Morgan fingerprint density at radius 2 is 2.36 bits per heavy atom. The van der Waals surface area contributed by atoms with E-state index < -0.39 is 0 Å². The normalized spacial score (nSPS) is 9.57. The van der Waals surface area contributed by atoms with Crippen LogP contribution < -0.4 is 5.32 Å². The largest absolute Gasteiger partial charge is 0.346 e. The zero-order valence-corrected chi connectivity index (χ0v) is 9.60. The molecule has 0 radical (unpaired) electrons. The van der Waals surface area contributed by atoms with Crippen LogP contribution in [0.1, 0.15) is 10.5 Å². The van der Waals surface area contributed by atoms with Gasteiger partial charge in [-0.05, 0) is 12.1 Å². The minimum atomic E-state index is -0.270. The van der Waals surface area contributed by atoms with Crippen LogP contribution >= 0.6 is 27.5 Å². The number of rotatable bonds is 3. The summed E-state index contributed by atoms with van der Waals surface area (Å²) in [5, 5.41) is 2.92. The molecule has 0 aliphatic rings. The molecule has 0 unspecified atom stereocenters. The Kier molecular flexibility index (Phi) is 4.10. The third-order valence-electron chi connectivity index (χ3n) is 1.39. The highest BCUT2D eigenvalue weighted by atomic mass is 79.9. The number of carbonyl (C=O) groups excluding carboxylic acids is 1. The lowest BCUT2D eigenvalue weighted by Crippen LogP contribution is -2.25. The number of pyridine rings is 1. The third kappa shape index (κ3) is 3.47. The monoisotopic (exact) mass is 274 g/mol. The fourth-order valence-electron chi connectivity index (χ4n) is 0.801. The summed E-state index contributed by atoms with van der Waals surface area (Å²) in [6.07, 6.45) is 0. The standard InChI is InChI=1S/C9H8BrClN2O/c1-6(10)5-12-9(14)7-3-2-4-8(11)13-7/h2-4H,1,5H2,(H,12,14). The molecule has 0 bridgehead atoms. The zero-order valence-electron chi connectivity index (χ0n) is 7.26. The van der Waals surface area contributed by atoms with Gasteiger partial charge in [-0.25, -0.2) is 4.98 Å². The molecule has 1 aromatic rings. The first-order chi connectivity index (χ1) is 6.59. The van der Waals surface area contributed by atoms with Crippen LogP contribution in [0.15, 0.2) is 29.3 Å². The van der Waals surface area contributed by atoms with E-state index in [-0.39, 0.29) is 5.91 Å². The number of carbonyl (C=O) groups is 1. The molecule has 0 saturated carbocycles. The second kappa shape index (κ2) is 5.12. The van der Waals surface area contributed by atoms with Crippen molar-refractivity contribution in [3.05, 3.63) is 40.1 Å². The molecule has 0 aromatic carbocycles. The van der Waals surface area contributed by atoms with Crippen molar-refractivity contribution in [2.45, 2.75) is 0 Å². The van der Waals surface area contributed by atoms with Gasteiger partial charge in [-0.1, -0.05) is 40.2 Å². The number of amides is 1. The molecule has 1 N–H and O–H groups in total. The van der Waals surface area contributed by atoms with E-state index in [9.17, 15) is 4.79 Å². The van der Waals surface area contributed by atoms with E-state index in [1.807, 2.05) is 0 Å². The maximum absolute atomic E-state index is 11.4. The van der Waals surface area contributed by atoms with Crippen LogP contribution in [0.3, 0.4) is 0 Å². The van der Waals surface area contributed by atoms with Crippen molar-refractivity contribution in [1.82, 2.24) is 10.3 Å². The fraction of sp³-hybridized carbons (Fsp3) is 0.111. The van der Waals surface area contributed by atoms with Gasteiger partial charge in [-0.3, -0.25) is 4.79 Å². The molecule has 3 nitrogen and oxygen atoms in total. The van der Waals surface area contributed by atoms with Crippen molar-refractivity contribution in [1.29, 1.82) is 0 Å². The summed E-state index contributed by atoms with van der Waals surface area (Å²) in [5.41, 5.74) is 0.297. The predicted octanol–water partition coefficient (Wildman–Crippen LogP) is 2.37. The minimum Gasteiger partial charge on any atom is -0.346 e. The molecule has 74 valence electrons. The summed E-state index contributed by atoms with van der Waals surface area (Å²) in [6, 6.07) is 4.88. The lowest BCUT2D eigenvalue weighted by Gasteiger charge is -2.02. The number of hydrogen-bond donors (Lipinski definition) is 1. The van der Waals surface area contributed by atoms with E-state index in [0.717, 1.165) is 0 Å². The first kappa shape index (κ1) is 11.2. The van der Waals surface area contributed by atoms with Crippen molar-refractivity contribution in [2.24, 2.45) is 0 Å². The lowest BCUT2D eigenvalue weighted by atomic mass is 10.3. The Balaban J connectivity index is 2.65. The number of halogens is 2. The van der Waals surface area contributed by atoms with E-state index in [0.29, 0.717) is 21.9 Å². The number of hydrogen-bond acceptors (Lipinski definition) is 2. The van der Waals surface area contributed by atoms with Gasteiger partial charge in [0.05, 0.1) is 0 Å². The Labute approximate surface area is 95.3 Å². The highest BCUT2D eigenvalue weighted by Crippen LogP contribution is 2.05. The molecule has 1 rings (SSSR count). The molecule has 14 heavy (non-hydrogen) atoms. The maximum atomic E-state index is 11.4. The smallest absolute Gasteiger partial charge is 0.270 e. The van der Waals surface area contributed by atoms with Crippen molar-refractivity contribution < 1.29 is 4.79 Å². The van der Waals surface area contributed by atoms with E-state index >= 15 is 0 Å². The Hall–Kier alpha value is -0.870. The summed E-state index contributed by atoms with van der Waals surface area (Å²) >= 11 is 8.77. The molecule has 1 heterocycles. The molecule has 1 amide bonds. The number of nitrogens with one attached hydrogen (secondary N) is 1. The van der Waals surface area contributed by atoms with Crippen molar-refractivity contribution in [2.75, 3.05) is 6.54 Å². The molecule has 0 atom stereocenters. The van der Waals surface area contributed by atoms with Crippen molar-refractivity contribution in [3.8, 4) is 0 Å². The lowest BCUT2D eigenvalue weighted by molar-refractivity contribution is 0.0953. The third-order valence-corrected chi connectivity index (χ3v) is 1.88.